The molecule has 0 saturated heterocycles. The van der Waals surface area contributed by atoms with E-state index in [9.17, 15) is 33.6 Å². The summed E-state index contributed by atoms with van der Waals surface area (Å²) in [5.74, 6) is -0.360. The normalized spacial score (nSPS) is 10.5. The van der Waals surface area contributed by atoms with Crippen molar-refractivity contribution in [3.63, 3.8) is 0 Å². The van der Waals surface area contributed by atoms with Gasteiger partial charge in [0.15, 0.2) is 0 Å². The highest BCUT2D eigenvalue weighted by Gasteiger charge is 2.26. The van der Waals surface area contributed by atoms with E-state index in [1.165, 1.54) is 42.3 Å². The Kier molecular flexibility index (Phi) is 14.3. The molecular weight excluding hydrogens is 966 g/mol. The number of carbonyl (C=O) groups is 4. The minimum absolute atomic E-state index is 0.0704. The molecule has 2 aromatic carbocycles. The van der Waals surface area contributed by atoms with E-state index in [0.717, 1.165) is 30.5 Å². The molecule has 0 fully saturated rings. The maximum Gasteiger partial charge on any atom is 0.357 e. The van der Waals surface area contributed by atoms with E-state index in [2.05, 4.69) is 64.2 Å². The van der Waals surface area contributed by atoms with Crippen molar-refractivity contribution in [2.24, 2.45) is 0 Å². The number of nitrogens with one attached hydrogen (secondary N) is 1. The zero-order valence-corrected chi connectivity index (χ0v) is 36.3. The van der Waals surface area contributed by atoms with E-state index in [1.54, 1.807) is 56.4 Å². The molecule has 0 saturated carbocycles. The van der Waals surface area contributed by atoms with Crippen molar-refractivity contribution >= 4 is 132 Å². The minimum Gasteiger partial charge on any atom is -0.344 e. The van der Waals surface area contributed by atoms with Crippen LogP contribution in [-0.4, -0.2) is 112 Å². The number of H-pyrrole nitrogens is 1. The molecule has 5 aromatic rings. The minimum atomic E-state index is -0.810. The van der Waals surface area contributed by atoms with Crippen LogP contribution in [0.3, 0.4) is 0 Å². The van der Waals surface area contributed by atoms with Crippen molar-refractivity contribution in [1.82, 2.24) is 31.8 Å². The van der Waals surface area contributed by atoms with Crippen molar-refractivity contribution in [1.29, 1.82) is 0 Å². The lowest BCUT2D eigenvalue weighted by atomic mass is 10.1. The smallest absolute Gasteiger partial charge is 0.344 e. The van der Waals surface area contributed by atoms with Crippen LogP contribution in [0.1, 0.15) is 38.7 Å². The maximum absolute atomic E-state index is 12.4. The number of rotatable bonds is 4. The molecule has 0 spiro atoms. The summed E-state index contributed by atoms with van der Waals surface area (Å²) < 4.78 is 2.78. The van der Waals surface area contributed by atoms with Gasteiger partial charge in [-0.1, -0.05) is 56.1 Å². The highest BCUT2D eigenvalue weighted by Crippen LogP contribution is 2.41. The number of amides is 4. The maximum atomic E-state index is 12.4. The van der Waals surface area contributed by atoms with E-state index in [0.29, 0.717) is 26.7 Å². The van der Waals surface area contributed by atoms with Gasteiger partial charge in [-0.25, -0.2) is 14.4 Å². The summed E-state index contributed by atoms with van der Waals surface area (Å²) in [5, 5.41) is 3.24. The first-order valence-corrected chi connectivity index (χ1v) is 19.0. The number of halogens is 4. The molecule has 0 aliphatic heterocycles. The van der Waals surface area contributed by atoms with Gasteiger partial charge in [0.1, 0.15) is 19.5 Å². The van der Waals surface area contributed by atoms with E-state index in [1.807, 2.05) is 41.4 Å². The molecule has 20 heteroatoms. The highest BCUT2D eigenvalue weighted by molar-refractivity contribution is 9.11. The number of fused-ring (bicyclic) bond motifs is 2. The second-order valence-electron chi connectivity index (χ2n) is 11.2. The summed E-state index contributed by atoms with van der Waals surface area (Å²) in [6, 6.07) is 11.3. The lowest BCUT2D eigenvalue weighted by Gasteiger charge is -2.09. The molecular formula is C31H31Br4N7O7S2. The third kappa shape index (κ3) is 9.15. The highest BCUT2D eigenvalue weighted by atomic mass is 79.9. The standard InChI is InChI=1S/C14H14Br2N2O2S.C14H16N2O2S.C3HBr2N3O3/c1-17(2)13(19)11-9-7(15)5-6-8(16)10(9)12(21-11)14(20)18(3)4;1-15(2)13(17)11-9-7-5-6-8-10(9)12(19-11)14(18)16(3)4;4-7-1(9)6-2(10)8(5)3(7)11/h5-6H,1-4H3;5-8H,1-4H3;(H,6,9,10). The third-order valence-corrected chi connectivity index (χ3v) is 11.6. The molecule has 0 aliphatic rings. The molecule has 272 valence electrons. The topological polar surface area (TPSA) is 158 Å². The van der Waals surface area contributed by atoms with E-state index in [4.69, 9.17) is 0 Å². The van der Waals surface area contributed by atoms with Gasteiger partial charge >= 0.3 is 17.1 Å². The Bertz CT molecular complexity index is 2190. The molecule has 3 aromatic heterocycles. The van der Waals surface area contributed by atoms with Gasteiger partial charge in [-0.3, -0.25) is 24.2 Å². The van der Waals surface area contributed by atoms with Gasteiger partial charge in [0.25, 0.3) is 23.6 Å². The summed E-state index contributed by atoms with van der Waals surface area (Å²) in [7, 11) is 13.7. The zero-order chi connectivity index (χ0) is 38.6. The number of thiophene rings is 2. The molecule has 4 amide bonds. The monoisotopic (exact) mass is 993 g/mol. The molecule has 0 bridgehead atoms. The second kappa shape index (κ2) is 17.4. The lowest BCUT2D eigenvalue weighted by molar-refractivity contribution is 0.0824. The summed E-state index contributed by atoms with van der Waals surface area (Å²) >= 11 is 14.7. The number of carbonyl (C=O) groups excluding carboxylic acids is 4. The van der Waals surface area contributed by atoms with Crippen LogP contribution in [0.4, 0.5) is 0 Å². The van der Waals surface area contributed by atoms with Crippen molar-refractivity contribution in [2.45, 2.75) is 0 Å². The Morgan fingerprint density at radius 1 is 0.549 bits per heavy atom. The Hall–Kier alpha value is -3.43. The summed E-state index contributed by atoms with van der Waals surface area (Å²) in [5.41, 5.74) is -2.41. The van der Waals surface area contributed by atoms with Crippen LogP contribution in [0.25, 0.3) is 21.5 Å². The van der Waals surface area contributed by atoms with Gasteiger partial charge in [-0.2, -0.15) is 7.19 Å². The molecule has 0 radical (unpaired) electrons. The molecule has 51 heavy (non-hydrogen) atoms. The van der Waals surface area contributed by atoms with E-state index >= 15 is 0 Å². The van der Waals surface area contributed by atoms with Crippen molar-refractivity contribution < 1.29 is 19.2 Å². The van der Waals surface area contributed by atoms with Gasteiger partial charge in [-0.15, -0.1) is 22.7 Å². The molecule has 5 rings (SSSR count). The van der Waals surface area contributed by atoms with Crippen LogP contribution in [0, 0.1) is 0 Å². The predicted molar refractivity (Wildman–Crippen MR) is 215 cm³/mol. The van der Waals surface area contributed by atoms with Crippen molar-refractivity contribution in [3.8, 4) is 0 Å². The average molecular weight is 997 g/mol. The van der Waals surface area contributed by atoms with Crippen LogP contribution >= 0.6 is 86.8 Å². The number of hydrogen-bond acceptors (Lipinski definition) is 9. The van der Waals surface area contributed by atoms with Crippen LogP contribution in [-0.2, 0) is 0 Å². The number of nitrogens with zero attached hydrogens (tertiary/aromatic N) is 6. The predicted octanol–water partition coefficient (Wildman–Crippen LogP) is 5.15. The molecule has 0 unspecified atom stereocenters. The number of aromatic amines is 1. The summed E-state index contributed by atoms with van der Waals surface area (Å²) in [4.78, 5) is 91.6. The first-order valence-electron chi connectivity index (χ1n) is 14.3. The molecule has 0 aliphatic carbocycles. The number of aromatic nitrogens is 3. The quantitative estimate of drug-likeness (QED) is 0.261. The van der Waals surface area contributed by atoms with Gasteiger partial charge in [0, 0.05) is 86.9 Å². The zero-order valence-electron chi connectivity index (χ0n) is 28.3. The van der Waals surface area contributed by atoms with E-state index < -0.39 is 17.1 Å². The molecule has 14 nitrogen and oxygen atoms in total. The van der Waals surface area contributed by atoms with Crippen molar-refractivity contribution in [2.75, 3.05) is 56.4 Å². The fourth-order valence-corrected chi connectivity index (χ4v) is 8.88. The fourth-order valence-electron chi connectivity index (χ4n) is 4.16. The van der Waals surface area contributed by atoms with Gasteiger partial charge in [-0.05, 0) is 12.1 Å². The summed E-state index contributed by atoms with van der Waals surface area (Å²) in [6.07, 6.45) is 0. The fraction of sp³-hybridized carbons (Fsp3) is 0.258. The molecule has 1 N–H and O–H groups in total. The van der Waals surface area contributed by atoms with Crippen LogP contribution < -0.4 is 17.1 Å². The van der Waals surface area contributed by atoms with Crippen LogP contribution in [0.15, 0.2) is 59.7 Å². The molecule has 3 heterocycles. The third-order valence-electron chi connectivity index (χ3n) is 6.69. The first kappa shape index (κ1) is 42.0. The summed E-state index contributed by atoms with van der Waals surface area (Å²) in [6.45, 7) is 0. The average Bonchev–Trinajstić information content (AvgIpc) is 3.68. The van der Waals surface area contributed by atoms with Crippen LogP contribution in [0.2, 0.25) is 0 Å². The lowest BCUT2D eigenvalue weighted by Crippen LogP contribution is -2.42. The first-order chi connectivity index (χ1) is 23.7. The van der Waals surface area contributed by atoms with Crippen LogP contribution in [0.5, 0.6) is 0 Å². The van der Waals surface area contributed by atoms with Gasteiger partial charge in [0.2, 0.25) is 0 Å². The number of hydrogen-bond donors (Lipinski definition) is 1. The molecule has 0 atom stereocenters. The largest absolute Gasteiger partial charge is 0.357 e. The Morgan fingerprint density at radius 2 is 0.843 bits per heavy atom. The number of benzene rings is 2. The Labute approximate surface area is 333 Å². The second-order valence-corrected chi connectivity index (χ2v) is 16.4. The SMILES string of the molecule is CN(C)C(=O)c1sc(C(=O)N(C)C)c2c(Br)ccc(Br)c12.CN(C)C(=O)c1sc(C(=O)N(C)C)c2ccccc12.O=c1[nH]c(=O)n(Br)c(=O)n1Br. The van der Waals surface area contributed by atoms with Crippen molar-refractivity contribution in [3.05, 3.63) is 96.3 Å². The van der Waals surface area contributed by atoms with Gasteiger partial charge < -0.3 is 19.6 Å². The Morgan fingerprint density at radius 3 is 1.16 bits per heavy atom. The van der Waals surface area contributed by atoms with Gasteiger partial charge in [0.05, 0.1) is 32.3 Å². The van der Waals surface area contributed by atoms with E-state index in [-0.39, 0.29) is 23.6 Å². The Balaban J connectivity index is 0.000000216.